The van der Waals surface area contributed by atoms with Crippen LogP contribution in [0.4, 0.5) is 0 Å². The molecule has 0 unspecified atom stereocenters. The molecule has 98 valence electrons. The molecule has 19 heavy (non-hydrogen) atoms. The van der Waals surface area contributed by atoms with Crippen LogP contribution in [0.15, 0.2) is 47.9 Å². The third kappa shape index (κ3) is 2.49. The molecule has 0 bridgehead atoms. The first-order chi connectivity index (χ1) is 9.17. The van der Waals surface area contributed by atoms with Crippen LogP contribution in [-0.4, -0.2) is 26.2 Å². The van der Waals surface area contributed by atoms with Crippen LogP contribution in [0.3, 0.4) is 0 Å². The fourth-order valence-corrected chi connectivity index (χ4v) is 1.73. The molecular formula is C14H12O5. The number of hydrogen-bond donors (Lipinski definition) is 0. The van der Waals surface area contributed by atoms with E-state index in [4.69, 9.17) is 9.47 Å². The van der Waals surface area contributed by atoms with Crippen molar-refractivity contribution in [3.05, 3.63) is 53.5 Å². The van der Waals surface area contributed by atoms with Crippen LogP contribution in [-0.2, 0) is 23.8 Å². The van der Waals surface area contributed by atoms with Crippen molar-refractivity contribution >= 4 is 17.5 Å². The number of rotatable bonds is 3. The molecule has 1 aromatic rings. The van der Waals surface area contributed by atoms with E-state index in [0.717, 1.165) is 6.08 Å². The zero-order valence-corrected chi connectivity index (χ0v) is 10.5. The average molecular weight is 260 g/mol. The fraction of sp³-hybridized carbons (Fsp3) is 0.143. The monoisotopic (exact) mass is 260 g/mol. The number of ether oxygens (including phenoxy) is 3. The molecule has 0 atom stereocenters. The van der Waals surface area contributed by atoms with Crippen LogP contribution in [0.2, 0.25) is 0 Å². The molecule has 0 amide bonds. The van der Waals surface area contributed by atoms with Crippen molar-refractivity contribution in [3.8, 4) is 0 Å². The highest BCUT2D eigenvalue weighted by Gasteiger charge is 2.32. The standard InChI is InChI=1S/C14H12O5/c1-17-11(15)8-10-13(18-2)12(14(16)19-10)9-6-4-3-5-7-9/h3-8H,1-2H3/b10-8-. The zero-order valence-electron chi connectivity index (χ0n) is 10.5. The van der Waals surface area contributed by atoms with E-state index in [9.17, 15) is 9.59 Å². The van der Waals surface area contributed by atoms with Gasteiger partial charge < -0.3 is 14.2 Å². The van der Waals surface area contributed by atoms with Gasteiger partial charge >= 0.3 is 11.9 Å². The second-order valence-corrected chi connectivity index (χ2v) is 3.70. The van der Waals surface area contributed by atoms with Gasteiger partial charge in [0.15, 0.2) is 11.5 Å². The summed E-state index contributed by atoms with van der Waals surface area (Å²) in [5.74, 6) is -0.898. The minimum atomic E-state index is -0.619. The van der Waals surface area contributed by atoms with Crippen molar-refractivity contribution in [1.82, 2.24) is 0 Å². The molecule has 1 aliphatic heterocycles. The topological polar surface area (TPSA) is 61.8 Å². The summed E-state index contributed by atoms with van der Waals surface area (Å²) in [7, 11) is 2.65. The largest absolute Gasteiger partial charge is 0.492 e. The van der Waals surface area contributed by atoms with Gasteiger partial charge in [-0.15, -0.1) is 0 Å². The summed E-state index contributed by atoms with van der Waals surface area (Å²) in [6.45, 7) is 0. The average Bonchev–Trinajstić information content (AvgIpc) is 2.75. The molecule has 1 aromatic carbocycles. The van der Waals surface area contributed by atoms with Crippen molar-refractivity contribution in [2.45, 2.75) is 0 Å². The predicted octanol–water partition coefficient (Wildman–Crippen LogP) is 1.66. The molecule has 0 radical (unpaired) electrons. The van der Waals surface area contributed by atoms with E-state index in [0.29, 0.717) is 11.1 Å². The normalized spacial score (nSPS) is 16.5. The number of hydrogen-bond acceptors (Lipinski definition) is 5. The van der Waals surface area contributed by atoms with Gasteiger partial charge in [0.25, 0.3) is 0 Å². The lowest BCUT2D eigenvalue weighted by Crippen LogP contribution is -2.00. The Bertz CT molecular complexity index is 569. The molecule has 0 aromatic heterocycles. The molecule has 5 heteroatoms. The van der Waals surface area contributed by atoms with Crippen molar-refractivity contribution in [3.63, 3.8) is 0 Å². The predicted molar refractivity (Wildman–Crippen MR) is 66.6 cm³/mol. The maximum Gasteiger partial charge on any atom is 0.348 e. The molecule has 0 aliphatic carbocycles. The molecule has 5 nitrogen and oxygen atoms in total. The minimum Gasteiger partial charge on any atom is -0.492 e. The third-order valence-corrected chi connectivity index (χ3v) is 2.57. The van der Waals surface area contributed by atoms with E-state index in [2.05, 4.69) is 4.74 Å². The van der Waals surface area contributed by atoms with Crippen molar-refractivity contribution in [2.75, 3.05) is 14.2 Å². The Morgan fingerprint density at radius 3 is 2.47 bits per heavy atom. The third-order valence-electron chi connectivity index (χ3n) is 2.57. The van der Waals surface area contributed by atoms with E-state index in [1.165, 1.54) is 14.2 Å². The van der Waals surface area contributed by atoms with Crippen molar-refractivity contribution < 1.29 is 23.8 Å². The van der Waals surface area contributed by atoms with Crippen LogP contribution < -0.4 is 0 Å². The number of benzene rings is 1. The fourth-order valence-electron chi connectivity index (χ4n) is 1.73. The summed E-state index contributed by atoms with van der Waals surface area (Å²) < 4.78 is 14.7. The molecule has 2 rings (SSSR count). The molecule has 1 aliphatic rings. The summed E-state index contributed by atoms with van der Waals surface area (Å²) in [6, 6.07) is 8.95. The first-order valence-electron chi connectivity index (χ1n) is 5.53. The lowest BCUT2D eigenvalue weighted by atomic mass is 10.1. The van der Waals surface area contributed by atoms with Crippen LogP contribution in [0, 0.1) is 0 Å². The quantitative estimate of drug-likeness (QED) is 0.611. The van der Waals surface area contributed by atoms with Gasteiger partial charge in [-0.25, -0.2) is 9.59 Å². The Morgan fingerprint density at radius 2 is 1.89 bits per heavy atom. The minimum absolute atomic E-state index is 0.0539. The molecule has 1 heterocycles. The summed E-state index contributed by atoms with van der Waals surface area (Å²) >= 11 is 0. The highest BCUT2D eigenvalue weighted by atomic mass is 16.6. The van der Waals surface area contributed by atoms with Gasteiger partial charge in [0.1, 0.15) is 5.57 Å². The number of methoxy groups -OCH3 is 2. The van der Waals surface area contributed by atoms with Crippen LogP contribution >= 0.6 is 0 Å². The molecule has 0 spiro atoms. The van der Waals surface area contributed by atoms with E-state index < -0.39 is 11.9 Å². The molecule has 0 saturated carbocycles. The van der Waals surface area contributed by atoms with Crippen molar-refractivity contribution in [1.29, 1.82) is 0 Å². The lowest BCUT2D eigenvalue weighted by molar-refractivity contribution is -0.135. The zero-order chi connectivity index (χ0) is 13.8. The summed E-state index contributed by atoms with van der Waals surface area (Å²) in [5.41, 5.74) is 0.955. The second kappa shape index (κ2) is 5.39. The van der Waals surface area contributed by atoms with Gasteiger partial charge in [-0.1, -0.05) is 30.3 Å². The summed E-state index contributed by atoms with van der Waals surface area (Å²) in [5, 5.41) is 0. The van der Waals surface area contributed by atoms with Gasteiger partial charge in [-0.2, -0.15) is 0 Å². The molecular weight excluding hydrogens is 248 g/mol. The Kier molecular flexibility index (Phi) is 3.66. The number of carbonyl (C=O) groups excluding carboxylic acids is 2. The molecule has 0 fully saturated rings. The van der Waals surface area contributed by atoms with Crippen LogP contribution in [0.1, 0.15) is 5.56 Å². The van der Waals surface area contributed by atoms with E-state index in [1.807, 2.05) is 6.07 Å². The van der Waals surface area contributed by atoms with Gasteiger partial charge in [-0.05, 0) is 5.56 Å². The Morgan fingerprint density at radius 1 is 1.21 bits per heavy atom. The van der Waals surface area contributed by atoms with Gasteiger partial charge in [0.2, 0.25) is 0 Å². The first kappa shape index (κ1) is 12.9. The van der Waals surface area contributed by atoms with E-state index in [1.54, 1.807) is 24.3 Å². The molecule has 0 N–H and O–H groups in total. The second-order valence-electron chi connectivity index (χ2n) is 3.70. The van der Waals surface area contributed by atoms with E-state index >= 15 is 0 Å². The summed E-state index contributed by atoms with van der Waals surface area (Å²) in [6.07, 6.45) is 1.08. The Hall–Kier alpha value is -2.56. The first-order valence-corrected chi connectivity index (χ1v) is 5.53. The Balaban J connectivity index is 2.50. The molecule has 0 saturated heterocycles. The number of cyclic esters (lactones) is 1. The lowest BCUT2D eigenvalue weighted by Gasteiger charge is -2.03. The van der Waals surface area contributed by atoms with Gasteiger partial charge in [0, 0.05) is 0 Å². The van der Waals surface area contributed by atoms with Gasteiger partial charge in [0.05, 0.1) is 20.3 Å². The maximum atomic E-state index is 11.9. The van der Waals surface area contributed by atoms with Crippen LogP contribution in [0.25, 0.3) is 5.57 Å². The smallest absolute Gasteiger partial charge is 0.348 e. The van der Waals surface area contributed by atoms with Crippen molar-refractivity contribution in [2.24, 2.45) is 0 Å². The van der Waals surface area contributed by atoms with Gasteiger partial charge in [-0.3, -0.25) is 0 Å². The highest BCUT2D eigenvalue weighted by molar-refractivity contribution is 6.20. The SMILES string of the molecule is COC(=O)/C=C1\OC(=O)C(c2ccccc2)=C1OC. The maximum absolute atomic E-state index is 11.9. The van der Waals surface area contributed by atoms with Crippen LogP contribution in [0.5, 0.6) is 0 Å². The highest BCUT2D eigenvalue weighted by Crippen LogP contribution is 2.33. The number of carbonyl (C=O) groups is 2. The number of esters is 2. The van der Waals surface area contributed by atoms with E-state index in [-0.39, 0.29) is 11.5 Å². The Labute approximate surface area is 110 Å². The summed E-state index contributed by atoms with van der Waals surface area (Å²) in [4.78, 5) is 23.1.